The molecule has 0 aliphatic carbocycles. The number of hydrogen-bond donors (Lipinski definition) is 0. The molecule has 0 fully saturated rings. The van der Waals surface area contributed by atoms with Crippen LogP contribution in [0, 0.1) is 0 Å². The van der Waals surface area contributed by atoms with Gasteiger partial charge in [0.2, 0.25) is 0 Å². The largest absolute Gasteiger partial charge is 0.412 e. The highest BCUT2D eigenvalue weighted by Gasteiger charge is 2.39. The lowest BCUT2D eigenvalue weighted by atomic mass is 10.2. The van der Waals surface area contributed by atoms with Crippen molar-refractivity contribution in [1.82, 2.24) is 0 Å². The van der Waals surface area contributed by atoms with Crippen molar-refractivity contribution in [2.75, 3.05) is 27.1 Å². The highest BCUT2D eigenvalue weighted by molar-refractivity contribution is 6.74. The average Bonchev–Trinajstić information content (AvgIpc) is 2.35. The molecular weight excluding hydrogens is 288 g/mol. The molecule has 0 radical (unpaired) electrons. The third kappa shape index (κ3) is 8.06. The van der Waals surface area contributed by atoms with E-state index in [0.29, 0.717) is 19.6 Å². The van der Waals surface area contributed by atoms with E-state index in [1.807, 2.05) is 6.92 Å². The number of carbonyl (C=O) groups excluding carboxylic acids is 1. The van der Waals surface area contributed by atoms with E-state index < -0.39 is 8.32 Å². The molecule has 5 nitrogen and oxygen atoms in total. The van der Waals surface area contributed by atoms with Crippen molar-refractivity contribution in [3.8, 4) is 0 Å². The molecule has 0 aromatic rings. The number of hydrogen-bond acceptors (Lipinski definition) is 5. The molecular formula is C15H32O5Si. The maximum atomic E-state index is 10.8. The summed E-state index contributed by atoms with van der Waals surface area (Å²) in [4.78, 5) is 10.8. The van der Waals surface area contributed by atoms with Crippen LogP contribution in [-0.2, 0) is 23.4 Å². The fourth-order valence-electron chi connectivity index (χ4n) is 1.54. The predicted octanol–water partition coefficient (Wildman–Crippen LogP) is 2.99. The van der Waals surface area contributed by atoms with Crippen LogP contribution in [0.5, 0.6) is 0 Å². The van der Waals surface area contributed by atoms with Gasteiger partial charge in [0, 0.05) is 13.5 Å². The van der Waals surface area contributed by atoms with Gasteiger partial charge < -0.3 is 23.4 Å². The first-order valence-corrected chi connectivity index (χ1v) is 10.4. The highest BCUT2D eigenvalue weighted by atomic mass is 28.4. The summed E-state index contributed by atoms with van der Waals surface area (Å²) >= 11 is 0. The Kier molecular flexibility index (Phi) is 9.56. The van der Waals surface area contributed by atoms with Crippen molar-refractivity contribution in [2.24, 2.45) is 0 Å². The van der Waals surface area contributed by atoms with Gasteiger partial charge in [0.1, 0.15) is 13.1 Å². The van der Waals surface area contributed by atoms with E-state index in [1.165, 1.54) is 0 Å². The standard InChI is InChI=1S/C15H32O5Si/c1-13(20-21(6,7)15(2,3)4)14(8-9-16)19-12-18-11-10-17-5/h9,13-14H,8,10-12H2,1-7H3/t13-,14+/m1/s1. The van der Waals surface area contributed by atoms with Crippen molar-refractivity contribution < 1.29 is 23.4 Å². The molecule has 0 saturated carbocycles. The van der Waals surface area contributed by atoms with E-state index in [0.717, 1.165) is 6.29 Å². The predicted molar refractivity (Wildman–Crippen MR) is 86.0 cm³/mol. The number of carbonyl (C=O) groups is 1. The number of rotatable bonds is 11. The van der Waals surface area contributed by atoms with Gasteiger partial charge in [0.25, 0.3) is 0 Å². The molecule has 0 amide bonds. The lowest BCUT2D eigenvalue weighted by molar-refractivity contribution is -0.133. The van der Waals surface area contributed by atoms with Gasteiger partial charge >= 0.3 is 0 Å². The van der Waals surface area contributed by atoms with Crippen molar-refractivity contribution in [3.63, 3.8) is 0 Å². The Morgan fingerprint density at radius 1 is 1.19 bits per heavy atom. The average molecular weight is 321 g/mol. The molecule has 0 saturated heterocycles. The Balaban J connectivity index is 4.41. The van der Waals surface area contributed by atoms with Crippen molar-refractivity contribution in [3.05, 3.63) is 0 Å². The summed E-state index contributed by atoms with van der Waals surface area (Å²) in [5.41, 5.74) is 0. The van der Waals surface area contributed by atoms with Gasteiger partial charge in [-0.1, -0.05) is 20.8 Å². The van der Waals surface area contributed by atoms with Gasteiger partial charge in [0.05, 0.1) is 25.4 Å². The van der Waals surface area contributed by atoms with Crippen molar-refractivity contribution >= 4 is 14.6 Å². The lowest BCUT2D eigenvalue weighted by Crippen LogP contribution is -2.46. The summed E-state index contributed by atoms with van der Waals surface area (Å²) in [6.07, 6.45) is 0.760. The number of methoxy groups -OCH3 is 1. The third-order valence-corrected chi connectivity index (χ3v) is 8.51. The minimum absolute atomic E-state index is 0.127. The Hall–Kier alpha value is -0.273. The summed E-state index contributed by atoms with van der Waals surface area (Å²) in [5, 5.41) is 0.127. The van der Waals surface area contributed by atoms with Crippen LogP contribution >= 0.6 is 0 Å². The maximum absolute atomic E-state index is 10.8. The second kappa shape index (κ2) is 9.68. The first-order valence-electron chi connectivity index (χ1n) is 7.45. The van der Waals surface area contributed by atoms with Gasteiger partial charge in [-0.05, 0) is 25.1 Å². The zero-order chi connectivity index (χ0) is 16.5. The van der Waals surface area contributed by atoms with E-state index in [4.69, 9.17) is 18.6 Å². The molecule has 0 aromatic heterocycles. The summed E-state index contributed by atoms with van der Waals surface area (Å²) in [5.74, 6) is 0. The topological polar surface area (TPSA) is 54.0 Å². The zero-order valence-corrected chi connectivity index (χ0v) is 15.6. The SMILES string of the molecule is COCCOCO[C@@H](CC=O)[C@@H](C)O[Si](C)(C)C(C)(C)C. The Labute approximate surface area is 130 Å². The minimum Gasteiger partial charge on any atom is -0.412 e. The van der Waals surface area contributed by atoms with E-state index in [9.17, 15) is 4.79 Å². The molecule has 0 aliphatic heterocycles. The van der Waals surface area contributed by atoms with Gasteiger partial charge in [-0.15, -0.1) is 0 Å². The van der Waals surface area contributed by atoms with Gasteiger partial charge in [-0.2, -0.15) is 0 Å². The zero-order valence-electron chi connectivity index (χ0n) is 14.6. The first-order chi connectivity index (χ1) is 9.65. The van der Waals surface area contributed by atoms with Crippen LogP contribution in [0.25, 0.3) is 0 Å². The monoisotopic (exact) mass is 320 g/mol. The summed E-state index contributed by atoms with van der Waals surface area (Å²) in [7, 11) is -0.257. The fourth-order valence-corrected chi connectivity index (χ4v) is 2.98. The van der Waals surface area contributed by atoms with Gasteiger partial charge in [0.15, 0.2) is 8.32 Å². The van der Waals surface area contributed by atoms with Crippen LogP contribution in [0.2, 0.25) is 18.1 Å². The minimum atomic E-state index is -1.88. The van der Waals surface area contributed by atoms with Crippen molar-refractivity contribution in [2.45, 2.75) is 64.5 Å². The molecule has 0 aliphatic rings. The third-order valence-electron chi connectivity index (χ3n) is 3.94. The molecule has 0 rings (SSSR count). The Morgan fingerprint density at radius 2 is 1.81 bits per heavy atom. The summed E-state index contributed by atoms with van der Waals surface area (Å²) in [6.45, 7) is 14.1. The number of ether oxygens (including phenoxy) is 3. The van der Waals surface area contributed by atoms with Crippen LogP contribution in [-0.4, -0.2) is 53.9 Å². The molecule has 2 atom stereocenters. The smallest absolute Gasteiger partial charge is 0.192 e. The molecule has 0 bridgehead atoms. The summed E-state index contributed by atoms with van der Waals surface area (Å²) in [6, 6.07) is 0. The van der Waals surface area contributed by atoms with Crippen molar-refractivity contribution in [1.29, 1.82) is 0 Å². The van der Waals surface area contributed by atoms with E-state index in [-0.39, 0.29) is 24.0 Å². The van der Waals surface area contributed by atoms with Crippen LogP contribution in [0.3, 0.4) is 0 Å². The van der Waals surface area contributed by atoms with E-state index >= 15 is 0 Å². The van der Waals surface area contributed by atoms with Crippen LogP contribution in [0.15, 0.2) is 0 Å². The van der Waals surface area contributed by atoms with E-state index in [2.05, 4.69) is 33.9 Å². The normalized spacial score (nSPS) is 15.8. The molecule has 0 heterocycles. The van der Waals surface area contributed by atoms with E-state index in [1.54, 1.807) is 7.11 Å². The maximum Gasteiger partial charge on any atom is 0.192 e. The molecule has 0 N–H and O–H groups in total. The second-order valence-electron chi connectivity index (χ2n) is 6.71. The van der Waals surface area contributed by atoms with Crippen LogP contribution < -0.4 is 0 Å². The first kappa shape index (κ1) is 20.7. The second-order valence-corrected chi connectivity index (χ2v) is 11.5. The molecule has 6 heteroatoms. The molecule has 0 spiro atoms. The Morgan fingerprint density at radius 3 is 2.29 bits per heavy atom. The molecule has 0 aromatic carbocycles. The Bertz CT molecular complexity index is 288. The molecule has 126 valence electrons. The molecule has 0 unspecified atom stereocenters. The van der Waals surface area contributed by atoms with Gasteiger partial charge in [-0.3, -0.25) is 0 Å². The number of aldehydes is 1. The molecule has 21 heavy (non-hydrogen) atoms. The lowest BCUT2D eigenvalue weighted by Gasteiger charge is -2.40. The highest BCUT2D eigenvalue weighted by Crippen LogP contribution is 2.37. The summed E-state index contributed by atoms with van der Waals surface area (Å²) < 4.78 is 22.1. The van der Waals surface area contributed by atoms with Crippen LogP contribution in [0.1, 0.15) is 34.1 Å². The fraction of sp³-hybridized carbons (Fsp3) is 0.933. The quantitative estimate of drug-likeness (QED) is 0.253. The van der Waals surface area contributed by atoms with Crippen LogP contribution in [0.4, 0.5) is 0 Å². The van der Waals surface area contributed by atoms with Gasteiger partial charge in [-0.25, -0.2) is 0 Å².